The molecule has 42 heavy (non-hydrogen) atoms. The molecule has 194 valence electrons. The van der Waals surface area contributed by atoms with Crippen LogP contribution in [0.15, 0.2) is 133 Å². The second kappa shape index (κ2) is 7.93. The Balaban J connectivity index is 1.23. The van der Waals surface area contributed by atoms with Gasteiger partial charge in [0.05, 0.1) is 33.1 Å². The Morgan fingerprint density at radius 3 is 1.67 bits per heavy atom. The molecule has 0 amide bonds. The zero-order valence-corrected chi connectivity index (χ0v) is 22.5. The topological polar surface area (TPSA) is 35.1 Å². The van der Waals surface area contributed by atoms with Gasteiger partial charge in [-0.25, -0.2) is 9.97 Å². The highest BCUT2D eigenvalue weighted by Crippen LogP contribution is 2.41. The first-order chi connectivity index (χ1) is 20.8. The molecule has 10 rings (SSSR count). The first-order valence-electron chi connectivity index (χ1n) is 14.3. The second-order valence-electron chi connectivity index (χ2n) is 11.1. The summed E-state index contributed by atoms with van der Waals surface area (Å²) in [6, 6.07) is 47.6. The molecule has 0 fully saturated rings. The van der Waals surface area contributed by atoms with E-state index in [-0.39, 0.29) is 0 Å². The van der Waals surface area contributed by atoms with Gasteiger partial charge in [0, 0.05) is 32.6 Å². The molecule has 0 saturated heterocycles. The van der Waals surface area contributed by atoms with Crippen molar-refractivity contribution in [1.82, 2.24) is 18.9 Å². The summed E-state index contributed by atoms with van der Waals surface area (Å²) in [6.45, 7) is 0. The average molecular weight is 535 g/mol. The van der Waals surface area contributed by atoms with E-state index >= 15 is 0 Å². The van der Waals surface area contributed by atoms with Gasteiger partial charge in [-0.15, -0.1) is 0 Å². The van der Waals surface area contributed by atoms with Crippen LogP contribution in [0.1, 0.15) is 0 Å². The lowest BCUT2D eigenvalue weighted by Gasteiger charge is -2.10. The molecule has 4 aromatic heterocycles. The number of aromatic nitrogens is 4. The molecule has 0 atom stereocenters. The third kappa shape index (κ3) is 2.80. The molecule has 4 nitrogen and oxygen atoms in total. The fraction of sp³-hybridized carbons (Fsp3) is 0. The second-order valence-corrected chi connectivity index (χ2v) is 11.1. The van der Waals surface area contributed by atoms with Crippen molar-refractivity contribution in [2.45, 2.75) is 0 Å². The molecule has 10 aromatic rings. The minimum absolute atomic E-state index is 0.911. The van der Waals surface area contributed by atoms with Crippen molar-refractivity contribution in [1.29, 1.82) is 0 Å². The van der Waals surface area contributed by atoms with Crippen molar-refractivity contribution in [3.8, 4) is 16.8 Å². The zero-order chi connectivity index (χ0) is 27.4. The summed E-state index contributed by atoms with van der Waals surface area (Å²) in [4.78, 5) is 10.2. The lowest BCUT2D eigenvalue weighted by molar-refractivity contribution is 1.18. The average Bonchev–Trinajstić information content (AvgIpc) is 3.68. The van der Waals surface area contributed by atoms with Crippen LogP contribution in [-0.4, -0.2) is 18.9 Å². The van der Waals surface area contributed by atoms with Gasteiger partial charge in [-0.05, 0) is 65.7 Å². The van der Waals surface area contributed by atoms with E-state index in [9.17, 15) is 0 Å². The van der Waals surface area contributed by atoms with E-state index in [2.05, 4.69) is 118 Å². The molecule has 0 aliphatic heterocycles. The van der Waals surface area contributed by atoms with Crippen molar-refractivity contribution in [3.63, 3.8) is 0 Å². The van der Waals surface area contributed by atoms with Crippen LogP contribution < -0.4 is 0 Å². The van der Waals surface area contributed by atoms with Crippen LogP contribution in [0.25, 0.3) is 88.0 Å². The first-order valence-corrected chi connectivity index (χ1v) is 14.3. The monoisotopic (exact) mass is 534 g/mol. The molecule has 0 spiro atoms. The number of benzene rings is 6. The normalized spacial score (nSPS) is 12.3. The van der Waals surface area contributed by atoms with Gasteiger partial charge in [-0.2, -0.15) is 0 Å². The van der Waals surface area contributed by atoms with Crippen molar-refractivity contribution < 1.29 is 0 Å². The summed E-state index contributed by atoms with van der Waals surface area (Å²) in [5.41, 5.74) is 12.0. The maximum atomic E-state index is 5.13. The third-order valence-electron chi connectivity index (χ3n) is 8.83. The highest BCUT2D eigenvalue weighted by molar-refractivity contribution is 6.23. The van der Waals surface area contributed by atoms with Crippen LogP contribution >= 0.6 is 0 Å². The largest absolute Gasteiger partial charge is 0.309 e. The van der Waals surface area contributed by atoms with E-state index < -0.39 is 0 Å². The molecule has 6 aromatic carbocycles. The molecule has 0 aliphatic rings. The molecule has 4 heterocycles. The van der Waals surface area contributed by atoms with Crippen LogP contribution in [0.2, 0.25) is 0 Å². The van der Waals surface area contributed by atoms with Crippen LogP contribution in [0.4, 0.5) is 0 Å². The minimum Gasteiger partial charge on any atom is -0.309 e. The maximum Gasteiger partial charge on any atom is 0.165 e. The summed E-state index contributed by atoms with van der Waals surface area (Å²) in [6.07, 6.45) is 0. The zero-order valence-electron chi connectivity index (χ0n) is 22.5. The van der Waals surface area contributed by atoms with Gasteiger partial charge < -0.3 is 4.57 Å². The Labute approximate surface area is 240 Å². The first kappa shape index (κ1) is 22.0. The summed E-state index contributed by atoms with van der Waals surface area (Å²) in [5.74, 6) is 0. The van der Waals surface area contributed by atoms with E-state index in [0.29, 0.717) is 0 Å². The van der Waals surface area contributed by atoms with Crippen molar-refractivity contribution in [3.05, 3.63) is 133 Å². The number of nitrogens with zero attached hydrogens (tertiary/aromatic N) is 4. The van der Waals surface area contributed by atoms with Crippen molar-refractivity contribution >= 4 is 71.2 Å². The van der Waals surface area contributed by atoms with Crippen molar-refractivity contribution in [2.75, 3.05) is 0 Å². The van der Waals surface area contributed by atoms with Gasteiger partial charge >= 0.3 is 0 Å². The van der Waals surface area contributed by atoms with Gasteiger partial charge in [0.2, 0.25) is 0 Å². The fourth-order valence-electron chi connectivity index (χ4n) is 7.00. The van der Waals surface area contributed by atoms with Crippen LogP contribution in [-0.2, 0) is 0 Å². The number of hydrogen-bond acceptors (Lipinski definition) is 2. The highest BCUT2D eigenvalue weighted by Gasteiger charge is 2.21. The molecule has 0 aliphatic carbocycles. The van der Waals surface area contributed by atoms with E-state index in [0.717, 1.165) is 38.8 Å². The van der Waals surface area contributed by atoms with Crippen LogP contribution in [0, 0.1) is 0 Å². The Kier molecular flexibility index (Phi) is 4.15. The van der Waals surface area contributed by atoms with E-state index in [4.69, 9.17) is 9.97 Å². The lowest BCUT2D eigenvalue weighted by atomic mass is 10.00. The Morgan fingerprint density at radius 1 is 0.429 bits per heavy atom. The molecule has 0 N–H and O–H groups in total. The van der Waals surface area contributed by atoms with E-state index in [1.807, 2.05) is 24.3 Å². The van der Waals surface area contributed by atoms with Gasteiger partial charge in [0.1, 0.15) is 5.52 Å². The fourth-order valence-corrected chi connectivity index (χ4v) is 7.00. The van der Waals surface area contributed by atoms with Crippen LogP contribution in [0.5, 0.6) is 0 Å². The molecular formula is C38H22N4. The summed E-state index contributed by atoms with van der Waals surface area (Å²) < 4.78 is 4.66. The van der Waals surface area contributed by atoms with Crippen LogP contribution in [0.3, 0.4) is 0 Å². The number of para-hydroxylation sites is 5. The Bertz CT molecular complexity index is 2620. The SMILES string of the molecule is c1ccc2nc3c(nc2c1)c1cc(-c2ccc(-n4c5ccccc5c5ccccc54)cc2)cc2c4ccccc4n3c21. The molecular weight excluding hydrogens is 512 g/mol. The molecule has 0 bridgehead atoms. The molecule has 0 saturated carbocycles. The molecule has 0 radical (unpaired) electrons. The predicted molar refractivity (Wildman–Crippen MR) is 174 cm³/mol. The predicted octanol–water partition coefficient (Wildman–Crippen LogP) is 9.54. The number of hydrogen-bond donors (Lipinski definition) is 0. The summed E-state index contributed by atoms with van der Waals surface area (Å²) >= 11 is 0. The smallest absolute Gasteiger partial charge is 0.165 e. The highest BCUT2D eigenvalue weighted by atomic mass is 15.0. The lowest BCUT2D eigenvalue weighted by Crippen LogP contribution is -1.93. The molecule has 4 heteroatoms. The van der Waals surface area contributed by atoms with Gasteiger partial charge in [-0.3, -0.25) is 4.40 Å². The van der Waals surface area contributed by atoms with Crippen molar-refractivity contribution in [2.24, 2.45) is 0 Å². The molecule has 0 unspecified atom stereocenters. The van der Waals surface area contributed by atoms with Gasteiger partial charge in [-0.1, -0.05) is 78.9 Å². The minimum atomic E-state index is 0.911. The van der Waals surface area contributed by atoms with E-state index in [1.165, 1.54) is 49.2 Å². The van der Waals surface area contributed by atoms with Gasteiger partial charge in [0.15, 0.2) is 5.65 Å². The Morgan fingerprint density at radius 2 is 0.976 bits per heavy atom. The third-order valence-corrected chi connectivity index (χ3v) is 8.83. The standard InChI is InChI=1S/C38H22N4/c1-6-14-33-26(9-1)27-10-2-7-15-34(27)41(33)25-19-17-23(18-20-25)24-21-29-28-11-3-8-16-35(28)42-37(29)30(22-24)36-38(42)40-32-13-5-4-12-31(32)39-36/h1-22H. The maximum absolute atomic E-state index is 5.13. The number of fused-ring (bicyclic) bond motifs is 10. The van der Waals surface area contributed by atoms with Gasteiger partial charge in [0.25, 0.3) is 0 Å². The quantitative estimate of drug-likeness (QED) is 0.221. The summed E-state index contributed by atoms with van der Waals surface area (Å²) in [5, 5.41) is 6.15. The summed E-state index contributed by atoms with van der Waals surface area (Å²) in [7, 11) is 0. The van der Waals surface area contributed by atoms with E-state index in [1.54, 1.807) is 0 Å². The Hall–Kier alpha value is -5.74. The number of rotatable bonds is 2.